The molecule has 6 aromatic carbocycles. The van der Waals surface area contributed by atoms with Crippen molar-refractivity contribution in [3.8, 4) is 22.3 Å². The van der Waals surface area contributed by atoms with Crippen molar-refractivity contribution in [3.63, 3.8) is 0 Å². The van der Waals surface area contributed by atoms with Crippen LogP contribution < -0.4 is 5.32 Å². The number of benzene rings is 6. The quantitative estimate of drug-likeness (QED) is 0.249. The van der Waals surface area contributed by atoms with E-state index in [1.54, 1.807) is 0 Å². The molecule has 0 fully saturated rings. The smallest absolute Gasteiger partial charge is 0.0390 e. The van der Waals surface area contributed by atoms with Crippen LogP contribution in [0.3, 0.4) is 0 Å². The van der Waals surface area contributed by atoms with Crippen LogP contribution >= 0.6 is 0 Å². The summed E-state index contributed by atoms with van der Waals surface area (Å²) in [4.78, 5) is 0. The van der Waals surface area contributed by atoms with E-state index in [0.717, 1.165) is 11.4 Å². The molecule has 37 heavy (non-hydrogen) atoms. The normalized spacial score (nSPS) is 11.6. The Morgan fingerprint density at radius 1 is 0.432 bits per heavy atom. The fourth-order valence-corrected chi connectivity index (χ4v) is 5.31. The van der Waals surface area contributed by atoms with Crippen LogP contribution in [-0.4, -0.2) is 0 Å². The second-order valence-corrected chi connectivity index (χ2v) is 10.7. The molecular weight excluding hydrogens is 446 g/mol. The van der Waals surface area contributed by atoms with Crippen LogP contribution in [-0.2, 0) is 5.41 Å². The lowest BCUT2D eigenvalue weighted by Crippen LogP contribution is -2.10. The summed E-state index contributed by atoms with van der Waals surface area (Å²) >= 11 is 0. The molecule has 0 aliphatic heterocycles. The van der Waals surface area contributed by atoms with Gasteiger partial charge in [0.25, 0.3) is 0 Å². The van der Waals surface area contributed by atoms with Crippen LogP contribution in [0.25, 0.3) is 43.8 Å². The number of anilines is 2. The second kappa shape index (κ2) is 9.26. The minimum Gasteiger partial charge on any atom is -0.356 e. The summed E-state index contributed by atoms with van der Waals surface area (Å²) in [5.74, 6) is 0. The minimum absolute atomic E-state index is 0.140. The standard InChI is InChI=1S/C36H31N/c1-36(2,3)27-18-20-28(21-19-27)37-29-22-23-32-33(24-29)35(26-14-8-5-9-15-26)31-17-11-10-16-30(31)34(32)25-12-6-4-7-13-25/h4-24,37H,1-3H3. The Morgan fingerprint density at radius 3 is 1.43 bits per heavy atom. The third-order valence-corrected chi connectivity index (χ3v) is 7.19. The molecule has 0 bridgehead atoms. The Kier molecular flexibility index (Phi) is 5.77. The van der Waals surface area contributed by atoms with Crippen LogP contribution in [0.4, 0.5) is 11.4 Å². The SMILES string of the molecule is CC(C)(C)c1ccc(Nc2ccc3c(-c4ccccc4)c4ccccc4c(-c4ccccc4)c3c2)cc1. The molecule has 0 radical (unpaired) electrons. The lowest BCUT2D eigenvalue weighted by atomic mass is 9.86. The van der Waals surface area contributed by atoms with Gasteiger partial charge < -0.3 is 5.32 Å². The predicted octanol–water partition coefficient (Wildman–Crippen LogP) is 10.4. The van der Waals surface area contributed by atoms with Gasteiger partial charge in [-0.1, -0.05) is 124 Å². The van der Waals surface area contributed by atoms with Gasteiger partial charge >= 0.3 is 0 Å². The number of fused-ring (bicyclic) bond motifs is 2. The molecule has 180 valence electrons. The van der Waals surface area contributed by atoms with Crippen LogP contribution in [0.5, 0.6) is 0 Å². The van der Waals surface area contributed by atoms with Crippen molar-refractivity contribution >= 4 is 32.9 Å². The molecule has 0 saturated carbocycles. The molecule has 0 aromatic heterocycles. The van der Waals surface area contributed by atoms with Crippen LogP contribution in [0.2, 0.25) is 0 Å². The van der Waals surface area contributed by atoms with Gasteiger partial charge in [0.05, 0.1) is 0 Å². The van der Waals surface area contributed by atoms with Gasteiger partial charge in [0.15, 0.2) is 0 Å². The van der Waals surface area contributed by atoms with Crippen LogP contribution in [0, 0.1) is 0 Å². The summed E-state index contributed by atoms with van der Waals surface area (Å²) < 4.78 is 0. The van der Waals surface area contributed by atoms with E-state index in [1.807, 2.05) is 0 Å². The van der Waals surface area contributed by atoms with Crippen molar-refractivity contribution in [2.24, 2.45) is 0 Å². The zero-order chi connectivity index (χ0) is 25.4. The van der Waals surface area contributed by atoms with E-state index >= 15 is 0 Å². The molecule has 6 aromatic rings. The van der Waals surface area contributed by atoms with E-state index in [9.17, 15) is 0 Å². The van der Waals surface area contributed by atoms with Crippen molar-refractivity contribution < 1.29 is 0 Å². The Bertz CT molecular complexity index is 1690. The van der Waals surface area contributed by atoms with Crippen LogP contribution in [0.1, 0.15) is 26.3 Å². The first kappa shape index (κ1) is 23.1. The topological polar surface area (TPSA) is 12.0 Å². The predicted molar refractivity (Wildman–Crippen MR) is 161 cm³/mol. The lowest BCUT2D eigenvalue weighted by Gasteiger charge is -2.20. The first-order chi connectivity index (χ1) is 18.0. The molecule has 1 nitrogen and oxygen atoms in total. The molecule has 1 N–H and O–H groups in total. The van der Waals surface area contributed by atoms with Gasteiger partial charge in [-0.15, -0.1) is 0 Å². The molecule has 0 aliphatic carbocycles. The van der Waals surface area contributed by atoms with Gasteiger partial charge in [-0.3, -0.25) is 0 Å². The Balaban J connectivity index is 1.59. The van der Waals surface area contributed by atoms with Gasteiger partial charge in [-0.25, -0.2) is 0 Å². The van der Waals surface area contributed by atoms with Crippen molar-refractivity contribution in [2.45, 2.75) is 26.2 Å². The van der Waals surface area contributed by atoms with Gasteiger partial charge in [0, 0.05) is 11.4 Å². The van der Waals surface area contributed by atoms with E-state index < -0.39 is 0 Å². The van der Waals surface area contributed by atoms with E-state index in [0.29, 0.717) is 0 Å². The van der Waals surface area contributed by atoms with Crippen molar-refractivity contribution in [1.82, 2.24) is 0 Å². The number of nitrogens with one attached hydrogen (secondary N) is 1. The summed E-state index contributed by atoms with van der Waals surface area (Å²) in [5, 5.41) is 8.72. The molecule has 0 saturated heterocycles. The Hall–Kier alpha value is -4.36. The minimum atomic E-state index is 0.140. The number of hydrogen-bond acceptors (Lipinski definition) is 1. The zero-order valence-corrected chi connectivity index (χ0v) is 21.6. The lowest BCUT2D eigenvalue weighted by molar-refractivity contribution is 0.590. The highest BCUT2D eigenvalue weighted by molar-refractivity contribution is 6.21. The Labute approximate surface area is 219 Å². The van der Waals surface area contributed by atoms with Gasteiger partial charge in [0.2, 0.25) is 0 Å². The average Bonchev–Trinajstić information content (AvgIpc) is 2.92. The number of rotatable bonds is 4. The maximum Gasteiger partial charge on any atom is 0.0390 e. The highest BCUT2D eigenvalue weighted by Crippen LogP contribution is 2.44. The first-order valence-corrected chi connectivity index (χ1v) is 13.0. The molecule has 0 aliphatic rings. The monoisotopic (exact) mass is 477 g/mol. The second-order valence-electron chi connectivity index (χ2n) is 10.7. The Morgan fingerprint density at radius 2 is 0.892 bits per heavy atom. The first-order valence-electron chi connectivity index (χ1n) is 13.0. The summed E-state index contributed by atoms with van der Waals surface area (Å²) in [7, 11) is 0. The maximum absolute atomic E-state index is 3.66. The third kappa shape index (κ3) is 4.38. The highest BCUT2D eigenvalue weighted by atomic mass is 14.9. The van der Waals surface area contributed by atoms with E-state index in [-0.39, 0.29) is 5.41 Å². The van der Waals surface area contributed by atoms with Crippen molar-refractivity contribution in [2.75, 3.05) is 5.32 Å². The molecule has 1 heteroatoms. The van der Waals surface area contributed by atoms with Gasteiger partial charge in [-0.2, -0.15) is 0 Å². The zero-order valence-electron chi connectivity index (χ0n) is 21.6. The highest BCUT2D eigenvalue weighted by Gasteiger charge is 2.17. The summed E-state index contributed by atoms with van der Waals surface area (Å²) in [6.45, 7) is 6.75. The average molecular weight is 478 g/mol. The summed E-state index contributed by atoms with van der Waals surface area (Å²) in [6.07, 6.45) is 0. The molecule has 0 unspecified atom stereocenters. The molecule has 0 atom stereocenters. The molecular formula is C36H31N. The van der Waals surface area contributed by atoms with Crippen LogP contribution in [0.15, 0.2) is 127 Å². The molecule has 6 rings (SSSR count). The van der Waals surface area contributed by atoms with E-state index in [2.05, 4.69) is 153 Å². The fourth-order valence-electron chi connectivity index (χ4n) is 5.31. The maximum atomic E-state index is 3.66. The largest absolute Gasteiger partial charge is 0.356 e. The van der Waals surface area contributed by atoms with Gasteiger partial charge in [0.1, 0.15) is 0 Å². The summed E-state index contributed by atoms with van der Waals surface area (Å²) in [5.41, 5.74) is 8.68. The third-order valence-electron chi connectivity index (χ3n) is 7.19. The van der Waals surface area contributed by atoms with Gasteiger partial charge in [-0.05, 0) is 79.0 Å². The molecule has 0 heterocycles. The van der Waals surface area contributed by atoms with Crippen molar-refractivity contribution in [1.29, 1.82) is 0 Å². The molecule has 0 spiro atoms. The van der Waals surface area contributed by atoms with E-state index in [1.165, 1.54) is 49.4 Å². The number of hydrogen-bond donors (Lipinski definition) is 1. The fraction of sp³-hybridized carbons (Fsp3) is 0.111. The van der Waals surface area contributed by atoms with Crippen molar-refractivity contribution in [3.05, 3.63) is 133 Å². The molecule has 0 amide bonds. The summed E-state index contributed by atoms with van der Waals surface area (Å²) in [6, 6.07) is 45.9. The van der Waals surface area contributed by atoms with E-state index in [4.69, 9.17) is 0 Å².